The van der Waals surface area contributed by atoms with E-state index in [2.05, 4.69) is 17.3 Å². The normalized spacial score (nSPS) is 13.2. The van der Waals surface area contributed by atoms with Gasteiger partial charge in [-0.15, -0.1) is 0 Å². The van der Waals surface area contributed by atoms with Crippen LogP contribution in [-0.4, -0.2) is 27.3 Å². The van der Waals surface area contributed by atoms with Gasteiger partial charge in [0.15, 0.2) is 0 Å². The Balaban J connectivity index is 1.40. The Hall–Kier alpha value is -2.90. The fourth-order valence-corrected chi connectivity index (χ4v) is 4.10. The molecule has 4 rings (SSSR count). The van der Waals surface area contributed by atoms with Gasteiger partial charge in [-0.3, -0.25) is 4.68 Å². The van der Waals surface area contributed by atoms with Gasteiger partial charge in [0.1, 0.15) is 5.82 Å². The van der Waals surface area contributed by atoms with Gasteiger partial charge in [0.25, 0.3) is 0 Å². The predicted molar refractivity (Wildman–Crippen MR) is 122 cm³/mol. The lowest BCUT2D eigenvalue weighted by molar-refractivity contribution is 0.103. The van der Waals surface area contributed by atoms with E-state index in [1.165, 1.54) is 17.7 Å². The third-order valence-electron chi connectivity index (χ3n) is 5.74. The third-order valence-corrected chi connectivity index (χ3v) is 6.09. The van der Waals surface area contributed by atoms with Gasteiger partial charge >= 0.3 is 6.03 Å². The zero-order valence-corrected chi connectivity index (χ0v) is 19.0. The quantitative estimate of drug-likeness (QED) is 0.562. The van der Waals surface area contributed by atoms with Crippen molar-refractivity contribution < 1.29 is 13.9 Å². The third kappa shape index (κ3) is 4.95. The van der Waals surface area contributed by atoms with Crippen LogP contribution < -0.4 is 5.32 Å². The van der Waals surface area contributed by atoms with Crippen molar-refractivity contribution in [1.82, 2.24) is 14.7 Å². The fraction of sp³-hybridized carbons (Fsp3) is 0.333. The Labute approximate surface area is 191 Å². The standard InChI is InChI=1S/C24H26ClFN4O2/c1-3-16-4-8-19(9-5-16)27-24(31)30-11-10-23-20(13-30)22(28-29(23)2)15-32-14-17-6-7-18(26)12-21(17)25/h4-9,12H,3,10-11,13-15H2,1-2H3,(H,27,31). The summed E-state index contributed by atoms with van der Waals surface area (Å²) >= 11 is 6.08. The molecule has 0 saturated heterocycles. The lowest BCUT2D eigenvalue weighted by Crippen LogP contribution is -2.39. The lowest BCUT2D eigenvalue weighted by atomic mass is 10.1. The van der Waals surface area contributed by atoms with Crippen molar-refractivity contribution in [2.24, 2.45) is 7.05 Å². The zero-order valence-electron chi connectivity index (χ0n) is 18.2. The number of halogens is 2. The molecule has 2 amide bonds. The van der Waals surface area contributed by atoms with Gasteiger partial charge in [0.05, 0.1) is 25.5 Å². The number of benzene rings is 2. The maximum atomic E-state index is 13.2. The van der Waals surface area contributed by atoms with Crippen LogP contribution in [-0.2, 0) is 44.4 Å². The van der Waals surface area contributed by atoms with Crippen LogP contribution in [0.1, 0.15) is 35.0 Å². The largest absolute Gasteiger partial charge is 0.370 e. The Kier molecular flexibility index (Phi) is 6.77. The average Bonchev–Trinajstić information content (AvgIpc) is 3.10. The van der Waals surface area contributed by atoms with Gasteiger partial charge in [-0.25, -0.2) is 9.18 Å². The van der Waals surface area contributed by atoms with Gasteiger partial charge < -0.3 is 15.0 Å². The number of carbonyl (C=O) groups excluding carboxylic acids is 1. The van der Waals surface area contributed by atoms with E-state index in [0.717, 1.165) is 35.5 Å². The molecule has 168 valence electrons. The first-order valence-corrected chi connectivity index (χ1v) is 11.0. The molecule has 2 aromatic carbocycles. The summed E-state index contributed by atoms with van der Waals surface area (Å²) in [7, 11) is 1.91. The van der Waals surface area contributed by atoms with Crippen molar-refractivity contribution in [1.29, 1.82) is 0 Å². The molecule has 0 saturated carbocycles. The molecule has 0 aliphatic carbocycles. The molecular weight excluding hydrogens is 431 g/mol. The van der Waals surface area contributed by atoms with Crippen LogP contribution in [0.15, 0.2) is 42.5 Å². The van der Waals surface area contributed by atoms with Gasteiger partial charge in [-0.1, -0.05) is 36.7 Å². The number of amides is 2. The minimum Gasteiger partial charge on any atom is -0.370 e. The summed E-state index contributed by atoms with van der Waals surface area (Å²) in [6.45, 7) is 3.73. The first kappa shape index (κ1) is 22.3. The van der Waals surface area contributed by atoms with Crippen molar-refractivity contribution in [2.75, 3.05) is 11.9 Å². The Morgan fingerprint density at radius 3 is 2.72 bits per heavy atom. The van der Waals surface area contributed by atoms with E-state index in [-0.39, 0.29) is 25.1 Å². The van der Waals surface area contributed by atoms with Crippen molar-refractivity contribution in [3.63, 3.8) is 0 Å². The van der Waals surface area contributed by atoms with Gasteiger partial charge in [0, 0.05) is 42.0 Å². The molecule has 0 unspecified atom stereocenters. The zero-order chi connectivity index (χ0) is 22.7. The molecule has 1 aromatic heterocycles. The van der Waals surface area contributed by atoms with Crippen molar-refractivity contribution in [3.8, 4) is 0 Å². The van der Waals surface area contributed by atoms with Crippen LogP contribution in [0.25, 0.3) is 0 Å². The van der Waals surface area contributed by atoms with Crippen LogP contribution in [0.2, 0.25) is 5.02 Å². The Morgan fingerprint density at radius 1 is 1.22 bits per heavy atom. The highest BCUT2D eigenvalue weighted by Gasteiger charge is 2.26. The first-order chi connectivity index (χ1) is 15.4. The van der Waals surface area contributed by atoms with Gasteiger partial charge in [-0.2, -0.15) is 5.10 Å². The van der Waals surface area contributed by atoms with E-state index in [1.54, 1.807) is 11.0 Å². The molecule has 2 heterocycles. The SMILES string of the molecule is CCc1ccc(NC(=O)N2CCc3c(c(COCc4ccc(F)cc4Cl)nn3C)C2)cc1. The van der Waals surface area contributed by atoms with Crippen LogP contribution in [0.4, 0.5) is 14.9 Å². The summed E-state index contributed by atoms with van der Waals surface area (Å²) in [4.78, 5) is 14.6. The van der Waals surface area contributed by atoms with Crippen LogP contribution in [0.3, 0.4) is 0 Å². The van der Waals surface area contributed by atoms with Gasteiger partial charge in [0.2, 0.25) is 0 Å². The second-order valence-electron chi connectivity index (χ2n) is 7.88. The highest BCUT2D eigenvalue weighted by atomic mass is 35.5. The first-order valence-electron chi connectivity index (χ1n) is 10.6. The molecule has 3 aromatic rings. The van der Waals surface area contributed by atoms with E-state index < -0.39 is 0 Å². The highest BCUT2D eigenvalue weighted by molar-refractivity contribution is 6.31. The van der Waals surface area contributed by atoms with Gasteiger partial charge in [-0.05, 0) is 41.8 Å². The Morgan fingerprint density at radius 2 is 2.00 bits per heavy atom. The van der Waals surface area contributed by atoms with E-state index in [1.807, 2.05) is 36.0 Å². The average molecular weight is 457 g/mol. The maximum absolute atomic E-state index is 13.2. The molecule has 0 radical (unpaired) electrons. The summed E-state index contributed by atoms with van der Waals surface area (Å²) < 4.78 is 20.9. The lowest BCUT2D eigenvalue weighted by Gasteiger charge is -2.28. The molecule has 1 N–H and O–H groups in total. The molecule has 1 aliphatic heterocycles. The minimum atomic E-state index is -0.378. The van der Waals surface area contributed by atoms with Crippen LogP contribution in [0, 0.1) is 5.82 Å². The summed E-state index contributed by atoms with van der Waals surface area (Å²) in [6.07, 6.45) is 1.69. The molecule has 0 fully saturated rings. The molecule has 1 aliphatic rings. The number of aromatic nitrogens is 2. The number of anilines is 1. The van der Waals surface area contributed by atoms with E-state index in [4.69, 9.17) is 16.3 Å². The molecule has 6 nitrogen and oxygen atoms in total. The number of hydrogen-bond acceptors (Lipinski definition) is 3. The maximum Gasteiger partial charge on any atom is 0.322 e. The van der Waals surface area contributed by atoms with E-state index in [9.17, 15) is 9.18 Å². The molecule has 0 bridgehead atoms. The number of nitrogens with zero attached hydrogens (tertiary/aromatic N) is 3. The van der Waals surface area contributed by atoms with Crippen LogP contribution >= 0.6 is 11.6 Å². The number of hydrogen-bond donors (Lipinski definition) is 1. The predicted octanol–water partition coefficient (Wildman–Crippen LogP) is 5.08. The number of urea groups is 1. The minimum absolute atomic E-state index is 0.131. The number of ether oxygens (including phenoxy) is 1. The second-order valence-corrected chi connectivity index (χ2v) is 8.28. The summed E-state index contributed by atoms with van der Waals surface area (Å²) in [5.41, 5.74) is 5.65. The molecule has 32 heavy (non-hydrogen) atoms. The van der Waals surface area contributed by atoms with Crippen LogP contribution in [0.5, 0.6) is 0 Å². The van der Waals surface area contributed by atoms with E-state index in [0.29, 0.717) is 23.7 Å². The second kappa shape index (κ2) is 9.71. The summed E-state index contributed by atoms with van der Waals surface area (Å²) in [6, 6.07) is 12.0. The van der Waals surface area contributed by atoms with Crippen molar-refractivity contribution in [2.45, 2.75) is 39.5 Å². The smallest absolute Gasteiger partial charge is 0.322 e. The molecular formula is C24H26ClFN4O2. The highest BCUT2D eigenvalue weighted by Crippen LogP contribution is 2.25. The number of rotatable bonds is 6. The van der Waals surface area contributed by atoms with Crippen molar-refractivity contribution in [3.05, 3.63) is 81.4 Å². The summed E-state index contributed by atoms with van der Waals surface area (Å²) in [5, 5.41) is 7.91. The Bertz CT molecular complexity index is 1110. The topological polar surface area (TPSA) is 59.4 Å². The number of aryl methyl sites for hydroxylation is 2. The van der Waals surface area contributed by atoms with E-state index >= 15 is 0 Å². The summed E-state index contributed by atoms with van der Waals surface area (Å²) in [5.74, 6) is -0.378. The number of fused-ring (bicyclic) bond motifs is 1. The number of carbonyl (C=O) groups is 1. The fourth-order valence-electron chi connectivity index (χ4n) is 3.88. The molecule has 0 spiro atoms. The number of nitrogens with one attached hydrogen (secondary N) is 1. The van der Waals surface area contributed by atoms with Crippen molar-refractivity contribution >= 4 is 23.3 Å². The monoisotopic (exact) mass is 456 g/mol. The molecule has 8 heteroatoms. The molecule has 0 atom stereocenters.